The summed E-state index contributed by atoms with van der Waals surface area (Å²) in [6.45, 7) is 4.14. The summed E-state index contributed by atoms with van der Waals surface area (Å²) >= 11 is 0. The van der Waals surface area contributed by atoms with Crippen LogP contribution < -0.4 is 5.73 Å². The molecule has 0 saturated heterocycles. The predicted octanol–water partition coefficient (Wildman–Crippen LogP) is 2.34. The standard InChI is InChI=1S/C12H13N3/c1-8-4-3-5-9(2)12(8)10-6-15-11(13)7-14-10/h3-7H,1-2H3,(H2,13,15). The number of benzene rings is 1. The third-order valence-electron chi connectivity index (χ3n) is 2.41. The molecule has 0 aliphatic carbocycles. The van der Waals surface area contributed by atoms with Gasteiger partial charge in [-0.1, -0.05) is 18.2 Å². The first-order chi connectivity index (χ1) is 7.18. The lowest BCUT2D eigenvalue weighted by Crippen LogP contribution is -1.95. The molecule has 0 unspecified atom stereocenters. The molecule has 0 aliphatic heterocycles. The molecule has 0 spiro atoms. The Labute approximate surface area is 89.0 Å². The molecular weight excluding hydrogens is 186 g/mol. The van der Waals surface area contributed by atoms with Gasteiger partial charge < -0.3 is 5.73 Å². The first-order valence-electron chi connectivity index (χ1n) is 4.82. The largest absolute Gasteiger partial charge is 0.382 e. The molecule has 0 saturated carbocycles. The summed E-state index contributed by atoms with van der Waals surface area (Å²) in [6.07, 6.45) is 3.30. The van der Waals surface area contributed by atoms with E-state index in [1.807, 2.05) is 6.07 Å². The van der Waals surface area contributed by atoms with E-state index in [0.29, 0.717) is 5.82 Å². The van der Waals surface area contributed by atoms with Gasteiger partial charge in [-0.2, -0.15) is 0 Å². The first kappa shape index (κ1) is 9.65. The molecule has 3 heteroatoms. The summed E-state index contributed by atoms with van der Waals surface area (Å²) in [5, 5.41) is 0. The molecule has 0 amide bonds. The maximum atomic E-state index is 5.51. The van der Waals surface area contributed by atoms with Crippen LogP contribution in [0.3, 0.4) is 0 Å². The van der Waals surface area contributed by atoms with E-state index in [1.54, 1.807) is 12.4 Å². The number of nitrogens with two attached hydrogens (primary N) is 1. The van der Waals surface area contributed by atoms with Crippen LogP contribution in [0.4, 0.5) is 5.82 Å². The van der Waals surface area contributed by atoms with Crippen molar-refractivity contribution in [2.45, 2.75) is 13.8 Å². The van der Waals surface area contributed by atoms with Gasteiger partial charge in [-0.05, 0) is 25.0 Å². The van der Waals surface area contributed by atoms with Crippen molar-refractivity contribution in [1.82, 2.24) is 9.97 Å². The van der Waals surface area contributed by atoms with E-state index in [0.717, 1.165) is 11.3 Å². The molecule has 0 aliphatic rings. The molecule has 0 fully saturated rings. The fourth-order valence-electron chi connectivity index (χ4n) is 1.69. The van der Waals surface area contributed by atoms with Gasteiger partial charge in [-0.3, -0.25) is 4.98 Å². The van der Waals surface area contributed by atoms with Crippen molar-refractivity contribution in [3.8, 4) is 11.3 Å². The van der Waals surface area contributed by atoms with Crippen LogP contribution in [0.5, 0.6) is 0 Å². The summed E-state index contributed by atoms with van der Waals surface area (Å²) in [6, 6.07) is 6.18. The lowest BCUT2D eigenvalue weighted by Gasteiger charge is -2.08. The van der Waals surface area contributed by atoms with Gasteiger partial charge in [0.25, 0.3) is 0 Å². The highest BCUT2D eigenvalue weighted by atomic mass is 14.9. The second-order valence-corrected chi connectivity index (χ2v) is 3.59. The van der Waals surface area contributed by atoms with Crippen LogP contribution in [0.2, 0.25) is 0 Å². The number of aromatic nitrogens is 2. The maximum Gasteiger partial charge on any atom is 0.141 e. The van der Waals surface area contributed by atoms with Crippen molar-refractivity contribution in [1.29, 1.82) is 0 Å². The zero-order valence-electron chi connectivity index (χ0n) is 8.86. The van der Waals surface area contributed by atoms with Crippen molar-refractivity contribution in [3.05, 3.63) is 41.7 Å². The maximum absolute atomic E-state index is 5.51. The van der Waals surface area contributed by atoms with E-state index in [1.165, 1.54) is 11.1 Å². The van der Waals surface area contributed by atoms with Crippen LogP contribution in [0.15, 0.2) is 30.6 Å². The molecule has 1 aromatic carbocycles. The Morgan fingerprint density at radius 2 is 1.67 bits per heavy atom. The van der Waals surface area contributed by atoms with Crippen molar-refractivity contribution in [2.24, 2.45) is 0 Å². The number of hydrogen-bond donors (Lipinski definition) is 1. The predicted molar refractivity (Wildman–Crippen MR) is 61.4 cm³/mol. The molecule has 2 N–H and O–H groups in total. The Morgan fingerprint density at radius 1 is 1.00 bits per heavy atom. The first-order valence-corrected chi connectivity index (χ1v) is 4.82. The van der Waals surface area contributed by atoms with Crippen molar-refractivity contribution in [3.63, 3.8) is 0 Å². The second kappa shape index (κ2) is 3.69. The molecule has 0 radical (unpaired) electrons. The van der Waals surface area contributed by atoms with E-state index in [2.05, 4.69) is 35.9 Å². The SMILES string of the molecule is Cc1cccc(C)c1-c1cnc(N)cn1. The van der Waals surface area contributed by atoms with Gasteiger partial charge in [0.05, 0.1) is 18.1 Å². The van der Waals surface area contributed by atoms with Crippen LogP contribution in [0, 0.1) is 13.8 Å². The highest BCUT2D eigenvalue weighted by molar-refractivity contribution is 5.66. The topological polar surface area (TPSA) is 51.8 Å². The minimum atomic E-state index is 0.449. The summed E-state index contributed by atoms with van der Waals surface area (Å²) < 4.78 is 0. The zero-order chi connectivity index (χ0) is 10.8. The summed E-state index contributed by atoms with van der Waals surface area (Å²) in [4.78, 5) is 8.34. The fraction of sp³-hybridized carbons (Fsp3) is 0.167. The Bertz CT molecular complexity index is 454. The third kappa shape index (κ3) is 1.81. The average molecular weight is 199 g/mol. The van der Waals surface area contributed by atoms with E-state index >= 15 is 0 Å². The minimum absolute atomic E-state index is 0.449. The summed E-state index contributed by atoms with van der Waals surface area (Å²) in [5.41, 5.74) is 9.93. The normalized spacial score (nSPS) is 10.3. The number of anilines is 1. The zero-order valence-corrected chi connectivity index (χ0v) is 8.86. The van der Waals surface area contributed by atoms with Crippen LogP contribution in [0.25, 0.3) is 11.3 Å². The molecule has 2 aromatic rings. The fourth-order valence-corrected chi connectivity index (χ4v) is 1.69. The van der Waals surface area contributed by atoms with Gasteiger partial charge in [0.15, 0.2) is 0 Å². The van der Waals surface area contributed by atoms with Gasteiger partial charge in [0.2, 0.25) is 0 Å². The van der Waals surface area contributed by atoms with Crippen LogP contribution in [-0.4, -0.2) is 9.97 Å². The van der Waals surface area contributed by atoms with Crippen LogP contribution in [0.1, 0.15) is 11.1 Å². The monoisotopic (exact) mass is 199 g/mol. The quantitative estimate of drug-likeness (QED) is 0.767. The Morgan fingerprint density at radius 3 is 2.20 bits per heavy atom. The number of aryl methyl sites for hydroxylation is 2. The lowest BCUT2D eigenvalue weighted by molar-refractivity contribution is 1.20. The van der Waals surface area contributed by atoms with Crippen molar-refractivity contribution in [2.75, 3.05) is 5.73 Å². The molecule has 3 nitrogen and oxygen atoms in total. The minimum Gasteiger partial charge on any atom is -0.382 e. The molecular formula is C12H13N3. The van der Waals surface area contributed by atoms with Gasteiger partial charge >= 0.3 is 0 Å². The van der Waals surface area contributed by atoms with Crippen LogP contribution in [-0.2, 0) is 0 Å². The number of nitrogens with zero attached hydrogens (tertiary/aromatic N) is 2. The van der Waals surface area contributed by atoms with Gasteiger partial charge in [-0.25, -0.2) is 4.98 Å². The highest BCUT2D eigenvalue weighted by Gasteiger charge is 2.06. The Balaban J connectivity index is 2.58. The van der Waals surface area contributed by atoms with E-state index in [4.69, 9.17) is 5.73 Å². The molecule has 2 rings (SSSR count). The Hall–Kier alpha value is -1.90. The molecule has 1 aromatic heterocycles. The second-order valence-electron chi connectivity index (χ2n) is 3.59. The molecule has 76 valence electrons. The molecule has 15 heavy (non-hydrogen) atoms. The van der Waals surface area contributed by atoms with E-state index < -0.39 is 0 Å². The highest BCUT2D eigenvalue weighted by Crippen LogP contribution is 2.24. The third-order valence-corrected chi connectivity index (χ3v) is 2.41. The number of rotatable bonds is 1. The number of nitrogen functional groups attached to an aromatic ring is 1. The van der Waals surface area contributed by atoms with Gasteiger partial charge in [-0.15, -0.1) is 0 Å². The van der Waals surface area contributed by atoms with E-state index in [-0.39, 0.29) is 0 Å². The van der Waals surface area contributed by atoms with Gasteiger partial charge in [0.1, 0.15) is 5.82 Å². The average Bonchev–Trinajstić information content (AvgIpc) is 2.20. The molecule has 0 bridgehead atoms. The van der Waals surface area contributed by atoms with E-state index in [9.17, 15) is 0 Å². The smallest absolute Gasteiger partial charge is 0.141 e. The van der Waals surface area contributed by atoms with Crippen molar-refractivity contribution >= 4 is 5.82 Å². The molecule has 1 heterocycles. The lowest BCUT2D eigenvalue weighted by atomic mass is 10.0. The van der Waals surface area contributed by atoms with Gasteiger partial charge in [0, 0.05) is 5.56 Å². The van der Waals surface area contributed by atoms with Crippen molar-refractivity contribution < 1.29 is 0 Å². The number of hydrogen-bond acceptors (Lipinski definition) is 3. The molecule has 0 atom stereocenters. The summed E-state index contributed by atoms with van der Waals surface area (Å²) in [7, 11) is 0. The summed E-state index contributed by atoms with van der Waals surface area (Å²) in [5.74, 6) is 0.449. The Kier molecular flexibility index (Phi) is 2.37. The van der Waals surface area contributed by atoms with Crippen LogP contribution >= 0.6 is 0 Å².